The van der Waals surface area contributed by atoms with E-state index in [4.69, 9.17) is 0 Å². The summed E-state index contributed by atoms with van der Waals surface area (Å²) < 4.78 is 0. The van der Waals surface area contributed by atoms with Gasteiger partial charge in [-0.3, -0.25) is 5.10 Å². The Kier molecular flexibility index (Phi) is 5.73. The van der Waals surface area contributed by atoms with Crippen LogP contribution in [0.2, 0.25) is 0 Å². The van der Waals surface area contributed by atoms with Gasteiger partial charge in [-0.25, -0.2) is 0 Å². The fraction of sp³-hybridized carbons (Fsp3) is 0.733. The summed E-state index contributed by atoms with van der Waals surface area (Å²) in [6.07, 6.45) is 7.30. The van der Waals surface area contributed by atoms with Crippen LogP contribution in [-0.2, 0) is 11.3 Å². The van der Waals surface area contributed by atoms with Crippen molar-refractivity contribution in [3.8, 4) is 0 Å². The third kappa shape index (κ3) is 3.90. The summed E-state index contributed by atoms with van der Waals surface area (Å²) in [6, 6.07) is 0. The van der Waals surface area contributed by atoms with Gasteiger partial charge >= 0.3 is 0 Å². The minimum Gasteiger partial charge on any atom is -0.318 e. The predicted molar refractivity (Wildman–Crippen MR) is 79.6 cm³/mol. The number of carbonyl (C=O) groups is 1. The molecular weight excluding hydrogens is 252 g/mol. The van der Waals surface area contributed by atoms with Gasteiger partial charge in [0.05, 0.1) is 6.20 Å². The van der Waals surface area contributed by atoms with E-state index in [1.165, 1.54) is 11.3 Å². The molecule has 1 saturated carbocycles. The number of carbonyl (C=O) groups excluding carboxylic acids is 1. The number of nitrogens with zero attached hydrogens (tertiary/aromatic N) is 2. The molecule has 1 fully saturated rings. The first kappa shape index (κ1) is 15.2. The molecule has 0 saturated heterocycles. The molecule has 112 valence electrons. The fourth-order valence-corrected chi connectivity index (χ4v) is 3.02. The molecule has 2 N–H and O–H groups in total. The highest BCUT2D eigenvalue weighted by Crippen LogP contribution is 2.35. The van der Waals surface area contributed by atoms with Crippen LogP contribution in [0.3, 0.4) is 0 Å². The molecule has 1 heterocycles. The molecule has 1 aromatic rings. The van der Waals surface area contributed by atoms with Gasteiger partial charge in [-0.1, -0.05) is 0 Å². The first-order chi connectivity index (χ1) is 9.74. The number of nitrogens with one attached hydrogen (secondary N) is 2. The second-order valence-corrected chi connectivity index (χ2v) is 5.90. The summed E-state index contributed by atoms with van der Waals surface area (Å²) in [5, 5.41) is 10.6. The topological polar surface area (TPSA) is 61.0 Å². The Balaban J connectivity index is 1.93. The third-order valence-corrected chi connectivity index (χ3v) is 4.31. The zero-order chi connectivity index (χ0) is 14.4. The fourth-order valence-electron chi connectivity index (χ4n) is 3.02. The number of rotatable bonds is 7. The Labute approximate surface area is 121 Å². The number of aromatic nitrogens is 2. The van der Waals surface area contributed by atoms with Gasteiger partial charge in [0.1, 0.15) is 6.29 Å². The van der Waals surface area contributed by atoms with Crippen LogP contribution in [0, 0.1) is 5.92 Å². The average molecular weight is 278 g/mol. The van der Waals surface area contributed by atoms with Crippen molar-refractivity contribution < 1.29 is 4.79 Å². The molecule has 0 aliphatic heterocycles. The molecule has 0 aromatic carbocycles. The highest BCUT2D eigenvalue weighted by atomic mass is 16.1. The number of likely N-dealkylation sites (N-methyl/N-ethyl adjacent to an activating group) is 2. The minimum atomic E-state index is 0.274. The summed E-state index contributed by atoms with van der Waals surface area (Å²) >= 11 is 0. The van der Waals surface area contributed by atoms with Crippen LogP contribution >= 0.6 is 0 Å². The number of hydrogen-bond acceptors (Lipinski definition) is 4. The number of hydrogen-bond donors (Lipinski definition) is 2. The van der Waals surface area contributed by atoms with Gasteiger partial charge in [0.15, 0.2) is 0 Å². The molecule has 2 rings (SSSR count). The quantitative estimate of drug-likeness (QED) is 0.743. The minimum absolute atomic E-state index is 0.274. The molecule has 0 amide bonds. The lowest BCUT2D eigenvalue weighted by Gasteiger charge is -2.26. The smallest absolute Gasteiger partial charge is 0.123 e. The van der Waals surface area contributed by atoms with E-state index >= 15 is 0 Å². The first-order valence-corrected chi connectivity index (χ1v) is 7.55. The van der Waals surface area contributed by atoms with Crippen LogP contribution in [0.25, 0.3) is 0 Å². The summed E-state index contributed by atoms with van der Waals surface area (Å²) in [5.41, 5.74) is 2.59. The van der Waals surface area contributed by atoms with Gasteiger partial charge in [-0.05, 0) is 39.8 Å². The van der Waals surface area contributed by atoms with Crippen LogP contribution < -0.4 is 5.32 Å². The van der Waals surface area contributed by atoms with E-state index < -0.39 is 0 Å². The van der Waals surface area contributed by atoms with Crippen molar-refractivity contribution in [2.75, 3.05) is 27.2 Å². The van der Waals surface area contributed by atoms with Gasteiger partial charge in [-0.15, -0.1) is 0 Å². The van der Waals surface area contributed by atoms with Crippen molar-refractivity contribution in [2.45, 2.75) is 38.1 Å². The summed E-state index contributed by atoms with van der Waals surface area (Å²) in [6.45, 7) is 2.95. The molecular formula is C15H26N4O. The standard InChI is InChI=1S/C15H26N4O/c1-16-7-8-19(2)10-14-9-17-18-15(14)13-5-3-12(11-20)4-6-13/h9,11-13,16H,3-8,10H2,1-2H3,(H,17,18). The molecule has 0 bridgehead atoms. The van der Waals surface area contributed by atoms with Crippen LogP contribution in [0.15, 0.2) is 6.20 Å². The van der Waals surface area contributed by atoms with Crippen LogP contribution in [0.1, 0.15) is 42.9 Å². The van der Waals surface area contributed by atoms with E-state index in [0.29, 0.717) is 5.92 Å². The van der Waals surface area contributed by atoms with E-state index in [9.17, 15) is 4.79 Å². The second kappa shape index (κ2) is 7.55. The maximum Gasteiger partial charge on any atom is 0.123 e. The lowest BCUT2D eigenvalue weighted by Crippen LogP contribution is -2.27. The summed E-state index contributed by atoms with van der Waals surface area (Å²) in [5.74, 6) is 0.817. The summed E-state index contributed by atoms with van der Waals surface area (Å²) in [4.78, 5) is 13.1. The lowest BCUT2D eigenvalue weighted by molar-refractivity contribution is -0.111. The van der Waals surface area contributed by atoms with Gasteiger partial charge in [0, 0.05) is 42.7 Å². The Morgan fingerprint density at radius 1 is 1.45 bits per heavy atom. The van der Waals surface area contributed by atoms with E-state index in [-0.39, 0.29) is 5.92 Å². The Morgan fingerprint density at radius 2 is 2.20 bits per heavy atom. The van der Waals surface area contributed by atoms with E-state index in [0.717, 1.165) is 51.6 Å². The molecule has 0 radical (unpaired) electrons. The van der Waals surface area contributed by atoms with Gasteiger partial charge < -0.3 is 15.0 Å². The molecule has 0 unspecified atom stereocenters. The third-order valence-electron chi connectivity index (χ3n) is 4.31. The molecule has 5 nitrogen and oxygen atoms in total. The van der Waals surface area contributed by atoms with Crippen molar-refractivity contribution in [1.82, 2.24) is 20.4 Å². The van der Waals surface area contributed by atoms with Crippen LogP contribution in [0.4, 0.5) is 0 Å². The maximum atomic E-state index is 10.8. The summed E-state index contributed by atoms with van der Waals surface area (Å²) in [7, 11) is 4.11. The van der Waals surface area contributed by atoms with Gasteiger partial charge in [0.25, 0.3) is 0 Å². The van der Waals surface area contributed by atoms with Crippen LogP contribution in [-0.4, -0.2) is 48.6 Å². The molecule has 5 heteroatoms. The average Bonchev–Trinajstić information content (AvgIpc) is 2.93. The van der Waals surface area contributed by atoms with Crippen molar-refractivity contribution >= 4 is 6.29 Å². The maximum absolute atomic E-state index is 10.8. The normalized spacial score (nSPS) is 23.1. The van der Waals surface area contributed by atoms with Crippen molar-refractivity contribution in [1.29, 1.82) is 0 Å². The lowest BCUT2D eigenvalue weighted by atomic mass is 9.80. The van der Waals surface area contributed by atoms with E-state index in [1.54, 1.807) is 0 Å². The Morgan fingerprint density at radius 3 is 2.85 bits per heavy atom. The highest BCUT2D eigenvalue weighted by molar-refractivity contribution is 5.53. The Hall–Kier alpha value is -1.20. The van der Waals surface area contributed by atoms with Crippen molar-refractivity contribution in [3.05, 3.63) is 17.5 Å². The predicted octanol–water partition coefficient (Wildman–Crippen LogP) is 1.53. The van der Waals surface area contributed by atoms with Crippen molar-refractivity contribution in [2.24, 2.45) is 5.92 Å². The Bertz CT molecular complexity index is 410. The molecule has 1 aliphatic rings. The zero-order valence-electron chi connectivity index (χ0n) is 12.6. The molecule has 0 spiro atoms. The molecule has 1 aromatic heterocycles. The molecule has 20 heavy (non-hydrogen) atoms. The number of H-pyrrole nitrogens is 1. The zero-order valence-corrected chi connectivity index (χ0v) is 12.6. The number of aldehydes is 1. The highest BCUT2D eigenvalue weighted by Gasteiger charge is 2.25. The van der Waals surface area contributed by atoms with E-state index in [2.05, 4.69) is 27.5 Å². The monoisotopic (exact) mass is 278 g/mol. The van der Waals surface area contributed by atoms with Crippen molar-refractivity contribution in [3.63, 3.8) is 0 Å². The van der Waals surface area contributed by atoms with E-state index in [1.807, 2.05) is 13.2 Å². The first-order valence-electron chi connectivity index (χ1n) is 7.55. The molecule has 0 atom stereocenters. The SMILES string of the molecule is CNCCN(C)Cc1cn[nH]c1C1CCC(C=O)CC1. The number of aromatic amines is 1. The molecule has 1 aliphatic carbocycles. The van der Waals surface area contributed by atoms with Gasteiger partial charge in [-0.2, -0.15) is 5.10 Å². The largest absolute Gasteiger partial charge is 0.318 e. The van der Waals surface area contributed by atoms with Crippen LogP contribution in [0.5, 0.6) is 0 Å². The van der Waals surface area contributed by atoms with Gasteiger partial charge in [0.2, 0.25) is 0 Å². The second-order valence-electron chi connectivity index (χ2n) is 5.90.